The first-order chi connectivity index (χ1) is 10.6. The lowest BCUT2D eigenvalue weighted by Gasteiger charge is -2.31. The number of hydrogen-bond acceptors (Lipinski definition) is 4. The molecule has 0 amide bonds. The molecule has 1 aromatic heterocycles. The van der Waals surface area contributed by atoms with Crippen LogP contribution in [0.3, 0.4) is 0 Å². The van der Waals surface area contributed by atoms with Crippen LogP contribution in [0.1, 0.15) is 56.1 Å². The van der Waals surface area contributed by atoms with Crippen LogP contribution in [0.4, 0.5) is 0 Å². The summed E-state index contributed by atoms with van der Waals surface area (Å²) in [6.45, 7) is 5.06. The third-order valence-electron chi connectivity index (χ3n) is 4.69. The molecular formula is C16H28N2O4S. The summed E-state index contributed by atoms with van der Waals surface area (Å²) in [7, 11) is -2.00. The fourth-order valence-corrected chi connectivity index (χ4v) is 4.51. The molecule has 1 aliphatic rings. The first-order valence-electron chi connectivity index (χ1n) is 8.16. The van der Waals surface area contributed by atoms with Crippen LogP contribution in [-0.2, 0) is 15.8 Å². The molecule has 1 heterocycles. The molecule has 1 saturated carbocycles. The van der Waals surface area contributed by atoms with Gasteiger partial charge in [-0.05, 0) is 39.7 Å². The van der Waals surface area contributed by atoms with Crippen molar-refractivity contribution in [1.29, 1.82) is 0 Å². The highest BCUT2D eigenvalue weighted by atomic mass is 32.2. The maximum Gasteiger partial charge on any atom is 0.279 e. The second-order valence-electron chi connectivity index (χ2n) is 6.73. The van der Waals surface area contributed by atoms with E-state index in [9.17, 15) is 13.5 Å². The monoisotopic (exact) mass is 344 g/mol. The number of rotatable bonds is 6. The van der Waals surface area contributed by atoms with E-state index in [0.717, 1.165) is 25.7 Å². The lowest BCUT2D eigenvalue weighted by Crippen LogP contribution is -2.48. The molecule has 2 N–H and O–H groups in total. The predicted molar refractivity (Wildman–Crippen MR) is 89.3 cm³/mol. The second kappa shape index (κ2) is 6.93. The Hall–Kier alpha value is -0.890. The summed E-state index contributed by atoms with van der Waals surface area (Å²) in [5.74, 6) is 1.30. The van der Waals surface area contributed by atoms with E-state index in [1.165, 1.54) is 10.7 Å². The highest BCUT2D eigenvalue weighted by molar-refractivity contribution is 7.87. The molecule has 1 unspecified atom stereocenters. The average Bonchev–Trinajstić information content (AvgIpc) is 2.85. The van der Waals surface area contributed by atoms with Crippen molar-refractivity contribution in [1.82, 2.24) is 9.03 Å². The van der Waals surface area contributed by atoms with E-state index in [1.54, 1.807) is 33.9 Å². The van der Waals surface area contributed by atoms with E-state index in [-0.39, 0.29) is 12.6 Å². The van der Waals surface area contributed by atoms with E-state index in [4.69, 9.17) is 4.42 Å². The van der Waals surface area contributed by atoms with Crippen LogP contribution in [0.2, 0.25) is 0 Å². The zero-order valence-electron chi connectivity index (χ0n) is 14.4. The molecule has 23 heavy (non-hydrogen) atoms. The molecule has 0 radical (unpaired) electrons. The van der Waals surface area contributed by atoms with Crippen LogP contribution in [0.15, 0.2) is 10.5 Å². The van der Waals surface area contributed by atoms with Crippen molar-refractivity contribution in [3.05, 3.63) is 23.2 Å². The van der Waals surface area contributed by atoms with Crippen LogP contribution >= 0.6 is 0 Å². The zero-order valence-corrected chi connectivity index (χ0v) is 15.2. The second-order valence-corrected chi connectivity index (χ2v) is 8.55. The number of hydrogen-bond donors (Lipinski definition) is 2. The number of aliphatic hydroxyl groups is 1. The minimum Gasteiger partial charge on any atom is -0.466 e. The van der Waals surface area contributed by atoms with Gasteiger partial charge in [-0.2, -0.15) is 17.4 Å². The van der Waals surface area contributed by atoms with E-state index in [0.29, 0.717) is 17.1 Å². The van der Waals surface area contributed by atoms with E-state index in [1.807, 2.05) is 0 Å². The third-order valence-corrected chi connectivity index (χ3v) is 6.25. The Balaban J connectivity index is 2.04. The maximum absolute atomic E-state index is 12.5. The average molecular weight is 344 g/mol. The molecule has 0 aliphatic heterocycles. The number of nitrogens with one attached hydrogen (secondary N) is 1. The van der Waals surface area contributed by atoms with Crippen LogP contribution in [0, 0.1) is 13.8 Å². The summed E-state index contributed by atoms with van der Waals surface area (Å²) in [5.41, 5.74) is -0.708. The van der Waals surface area contributed by atoms with Gasteiger partial charge in [0.1, 0.15) is 17.1 Å². The van der Waals surface area contributed by atoms with E-state index in [2.05, 4.69) is 4.72 Å². The molecule has 0 aromatic carbocycles. The zero-order chi connectivity index (χ0) is 17.3. The maximum atomic E-state index is 12.5. The minimum absolute atomic E-state index is 0.0455. The van der Waals surface area contributed by atoms with Gasteiger partial charge in [0, 0.05) is 25.2 Å². The first kappa shape index (κ1) is 18.4. The Morgan fingerprint density at radius 2 is 1.96 bits per heavy atom. The summed E-state index contributed by atoms with van der Waals surface area (Å²) in [4.78, 5) is 0. The molecular weight excluding hydrogens is 316 g/mol. The van der Waals surface area contributed by atoms with Crippen molar-refractivity contribution in [2.75, 3.05) is 13.6 Å². The lowest BCUT2D eigenvalue weighted by atomic mass is 9.96. The van der Waals surface area contributed by atoms with Crippen LogP contribution in [0.25, 0.3) is 0 Å². The first-order valence-corrected chi connectivity index (χ1v) is 9.60. The molecule has 1 atom stereocenters. The van der Waals surface area contributed by atoms with Crippen LogP contribution in [0.5, 0.6) is 0 Å². The van der Waals surface area contributed by atoms with E-state index < -0.39 is 15.8 Å². The number of furan rings is 1. The molecule has 2 rings (SSSR count). The Morgan fingerprint density at radius 1 is 1.35 bits per heavy atom. The number of aryl methyl sites for hydroxylation is 2. The van der Waals surface area contributed by atoms with Gasteiger partial charge in [0.25, 0.3) is 10.2 Å². The van der Waals surface area contributed by atoms with Crippen molar-refractivity contribution in [2.24, 2.45) is 0 Å². The summed E-state index contributed by atoms with van der Waals surface area (Å²) in [6, 6.07) is 1.79. The van der Waals surface area contributed by atoms with Gasteiger partial charge >= 0.3 is 0 Å². The van der Waals surface area contributed by atoms with E-state index >= 15 is 0 Å². The highest BCUT2D eigenvalue weighted by Crippen LogP contribution is 2.27. The molecule has 132 valence electrons. The van der Waals surface area contributed by atoms with Gasteiger partial charge < -0.3 is 9.52 Å². The summed E-state index contributed by atoms with van der Waals surface area (Å²) in [6.07, 6.45) is 5.10. The van der Waals surface area contributed by atoms with Crippen molar-refractivity contribution in [3.8, 4) is 0 Å². The molecule has 1 aromatic rings. The minimum atomic E-state index is -3.61. The van der Waals surface area contributed by atoms with Crippen molar-refractivity contribution in [2.45, 2.75) is 64.5 Å². The quantitative estimate of drug-likeness (QED) is 0.829. The SMILES string of the molecule is Cc1cc(C(C)(O)CNS(=O)(=O)N(C)C2CCCCC2)c(C)o1. The molecule has 1 fully saturated rings. The Labute approximate surface area is 139 Å². The van der Waals surface area contributed by atoms with Gasteiger partial charge in [0.15, 0.2) is 0 Å². The van der Waals surface area contributed by atoms with Gasteiger partial charge in [-0.25, -0.2) is 0 Å². The smallest absolute Gasteiger partial charge is 0.279 e. The fourth-order valence-electron chi connectivity index (χ4n) is 3.24. The largest absolute Gasteiger partial charge is 0.466 e. The van der Waals surface area contributed by atoms with Crippen molar-refractivity contribution >= 4 is 10.2 Å². The molecule has 0 bridgehead atoms. The third kappa shape index (κ3) is 4.35. The Kier molecular flexibility index (Phi) is 5.56. The van der Waals surface area contributed by atoms with Gasteiger partial charge in [-0.1, -0.05) is 19.3 Å². The van der Waals surface area contributed by atoms with Crippen molar-refractivity contribution < 1.29 is 17.9 Å². The summed E-state index contributed by atoms with van der Waals surface area (Å²) < 4.78 is 34.3. The lowest BCUT2D eigenvalue weighted by molar-refractivity contribution is 0.0606. The fraction of sp³-hybridized carbons (Fsp3) is 0.750. The standard InChI is InChI=1S/C16H28N2O4S/c1-12-10-15(13(2)22-12)16(3,19)11-17-23(20,21)18(4)14-8-6-5-7-9-14/h10,14,17,19H,5-9,11H2,1-4H3. The molecule has 7 heteroatoms. The highest BCUT2D eigenvalue weighted by Gasteiger charge is 2.32. The molecule has 0 spiro atoms. The normalized spacial score (nSPS) is 19.9. The van der Waals surface area contributed by atoms with Crippen LogP contribution < -0.4 is 4.72 Å². The molecule has 0 saturated heterocycles. The van der Waals surface area contributed by atoms with Crippen LogP contribution in [-0.4, -0.2) is 37.5 Å². The Bertz CT molecular complexity index is 631. The van der Waals surface area contributed by atoms with Gasteiger partial charge in [-0.3, -0.25) is 0 Å². The molecule has 1 aliphatic carbocycles. The van der Waals surface area contributed by atoms with Gasteiger partial charge in [0.05, 0.1) is 0 Å². The summed E-state index contributed by atoms with van der Waals surface area (Å²) in [5, 5.41) is 10.6. The Morgan fingerprint density at radius 3 is 2.48 bits per heavy atom. The molecule has 6 nitrogen and oxygen atoms in total. The van der Waals surface area contributed by atoms with Gasteiger partial charge in [0.2, 0.25) is 0 Å². The number of nitrogens with zero attached hydrogens (tertiary/aromatic N) is 1. The van der Waals surface area contributed by atoms with Gasteiger partial charge in [-0.15, -0.1) is 0 Å². The summed E-state index contributed by atoms with van der Waals surface area (Å²) >= 11 is 0. The van der Waals surface area contributed by atoms with Crippen molar-refractivity contribution in [3.63, 3.8) is 0 Å². The predicted octanol–water partition coefficient (Wildman–Crippen LogP) is 2.20. The topological polar surface area (TPSA) is 82.8 Å².